The quantitative estimate of drug-likeness (QED) is 0.506. The Kier molecular flexibility index (Phi) is 3.87. The first kappa shape index (κ1) is 13.0. The average Bonchev–Trinajstić information content (AvgIpc) is 2.73. The first-order valence-electron chi connectivity index (χ1n) is 7.11. The molecule has 2 heterocycles. The van der Waals surface area contributed by atoms with Gasteiger partial charge in [0.2, 0.25) is 0 Å². The molecule has 5 nitrogen and oxygen atoms in total. The van der Waals surface area contributed by atoms with Gasteiger partial charge in [0, 0.05) is 30.1 Å². The number of fused-ring (bicyclic) bond motifs is 1. The van der Waals surface area contributed by atoms with Crippen molar-refractivity contribution in [1.29, 1.82) is 0 Å². The van der Waals surface area contributed by atoms with Crippen LogP contribution in [0.1, 0.15) is 41.9 Å². The molecule has 5 heteroatoms. The van der Waals surface area contributed by atoms with Crippen LogP contribution in [0, 0.1) is 0 Å². The van der Waals surface area contributed by atoms with E-state index in [1.54, 1.807) is 6.20 Å². The zero-order valence-corrected chi connectivity index (χ0v) is 11.5. The highest BCUT2D eigenvalue weighted by Crippen LogP contribution is 2.24. The third-order valence-electron chi connectivity index (χ3n) is 3.70. The molecule has 2 aromatic heterocycles. The van der Waals surface area contributed by atoms with E-state index in [1.165, 1.54) is 24.8 Å². The Labute approximate surface area is 118 Å². The molecule has 1 aliphatic rings. The van der Waals surface area contributed by atoms with E-state index in [4.69, 9.17) is 10.8 Å². The summed E-state index contributed by atoms with van der Waals surface area (Å²) in [6.07, 6.45) is 9.98. The number of nitrogens with zero attached hydrogens (tertiary/aromatic N) is 3. The molecule has 0 radical (unpaired) electrons. The van der Waals surface area contributed by atoms with E-state index in [9.17, 15) is 0 Å². The summed E-state index contributed by atoms with van der Waals surface area (Å²) < 4.78 is 0. The summed E-state index contributed by atoms with van der Waals surface area (Å²) in [4.78, 5) is 13.4. The number of hydrogen-bond donors (Lipinski definition) is 2. The second-order valence-electron chi connectivity index (χ2n) is 5.16. The van der Waals surface area contributed by atoms with Gasteiger partial charge < -0.3 is 5.43 Å². The van der Waals surface area contributed by atoms with Crippen LogP contribution in [0.5, 0.6) is 0 Å². The van der Waals surface area contributed by atoms with E-state index in [0.29, 0.717) is 6.42 Å². The summed E-state index contributed by atoms with van der Waals surface area (Å²) in [7, 11) is 0. The molecule has 0 saturated carbocycles. The Hall–Kier alpha value is -2.01. The molecule has 2 aromatic rings. The van der Waals surface area contributed by atoms with Crippen LogP contribution in [-0.4, -0.2) is 15.0 Å². The van der Waals surface area contributed by atoms with E-state index in [1.807, 2.05) is 18.3 Å². The van der Waals surface area contributed by atoms with Gasteiger partial charge in [-0.25, -0.2) is 15.8 Å². The van der Waals surface area contributed by atoms with Gasteiger partial charge in [-0.1, -0.05) is 12.5 Å². The van der Waals surface area contributed by atoms with Crippen LogP contribution < -0.4 is 11.3 Å². The number of nitrogens with one attached hydrogen (secondary N) is 1. The van der Waals surface area contributed by atoms with Crippen molar-refractivity contribution in [1.82, 2.24) is 15.0 Å². The van der Waals surface area contributed by atoms with Crippen molar-refractivity contribution in [2.45, 2.75) is 38.5 Å². The minimum atomic E-state index is 0.690. The lowest BCUT2D eigenvalue weighted by molar-refractivity contribution is 0.708. The fourth-order valence-electron chi connectivity index (χ4n) is 2.71. The highest BCUT2D eigenvalue weighted by molar-refractivity contribution is 5.46. The van der Waals surface area contributed by atoms with Gasteiger partial charge in [0.15, 0.2) is 0 Å². The summed E-state index contributed by atoms with van der Waals surface area (Å²) in [5.41, 5.74) is 6.21. The first-order chi connectivity index (χ1) is 9.86. The van der Waals surface area contributed by atoms with E-state index >= 15 is 0 Å². The number of hydrogen-bond acceptors (Lipinski definition) is 5. The van der Waals surface area contributed by atoms with Gasteiger partial charge in [0.1, 0.15) is 11.6 Å². The largest absolute Gasteiger partial charge is 0.308 e. The minimum absolute atomic E-state index is 0.690. The topological polar surface area (TPSA) is 76.7 Å². The molecule has 0 unspecified atom stereocenters. The fraction of sp³-hybridized carbons (Fsp3) is 0.400. The number of aromatic nitrogens is 3. The molecule has 1 aliphatic carbocycles. The Morgan fingerprint density at radius 1 is 1.15 bits per heavy atom. The minimum Gasteiger partial charge on any atom is -0.308 e. The molecule has 0 saturated heterocycles. The number of nitrogen functional groups attached to an aromatic ring is 1. The predicted octanol–water partition coefficient (Wildman–Crippen LogP) is 2.02. The molecule has 3 N–H and O–H groups in total. The highest BCUT2D eigenvalue weighted by Gasteiger charge is 2.16. The number of aryl methyl sites for hydroxylation is 1. The van der Waals surface area contributed by atoms with Crippen molar-refractivity contribution in [3.63, 3.8) is 0 Å². The van der Waals surface area contributed by atoms with Crippen LogP contribution in [0.15, 0.2) is 24.5 Å². The average molecular weight is 269 g/mol. The van der Waals surface area contributed by atoms with Crippen LogP contribution >= 0.6 is 0 Å². The van der Waals surface area contributed by atoms with Crippen molar-refractivity contribution in [2.75, 3.05) is 5.43 Å². The van der Waals surface area contributed by atoms with Gasteiger partial charge in [-0.15, -0.1) is 0 Å². The Balaban J connectivity index is 1.94. The molecule has 0 atom stereocenters. The molecule has 0 aromatic carbocycles. The van der Waals surface area contributed by atoms with Crippen molar-refractivity contribution in [2.24, 2.45) is 5.84 Å². The molecule has 0 spiro atoms. The van der Waals surface area contributed by atoms with E-state index in [0.717, 1.165) is 35.7 Å². The molecule has 104 valence electrons. The van der Waals surface area contributed by atoms with Crippen molar-refractivity contribution >= 4 is 5.82 Å². The molecule has 0 bridgehead atoms. The zero-order valence-electron chi connectivity index (χ0n) is 11.5. The number of hydrazine groups is 1. The lowest BCUT2D eigenvalue weighted by atomic mass is 10.1. The second-order valence-corrected chi connectivity index (χ2v) is 5.16. The van der Waals surface area contributed by atoms with Gasteiger partial charge in [-0.2, -0.15) is 0 Å². The summed E-state index contributed by atoms with van der Waals surface area (Å²) >= 11 is 0. The van der Waals surface area contributed by atoms with Crippen LogP contribution in [0.4, 0.5) is 5.82 Å². The van der Waals surface area contributed by atoms with Gasteiger partial charge in [0.05, 0.1) is 0 Å². The summed E-state index contributed by atoms with van der Waals surface area (Å²) in [6.45, 7) is 0. The van der Waals surface area contributed by atoms with E-state index in [-0.39, 0.29) is 0 Å². The molecule has 0 aliphatic heterocycles. The molecule has 20 heavy (non-hydrogen) atoms. The van der Waals surface area contributed by atoms with E-state index < -0.39 is 0 Å². The van der Waals surface area contributed by atoms with Gasteiger partial charge in [0.25, 0.3) is 0 Å². The predicted molar refractivity (Wildman–Crippen MR) is 78.1 cm³/mol. The van der Waals surface area contributed by atoms with Crippen molar-refractivity contribution in [3.05, 3.63) is 47.2 Å². The Bertz CT molecular complexity index is 582. The van der Waals surface area contributed by atoms with Crippen LogP contribution in [0.2, 0.25) is 0 Å². The monoisotopic (exact) mass is 269 g/mol. The van der Waals surface area contributed by atoms with Crippen LogP contribution in [-0.2, 0) is 19.3 Å². The van der Waals surface area contributed by atoms with Crippen LogP contribution in [0.3, 0.4) is 0 Å². The Morgan fingerprint density at radius 3 is 2.85 bits per heavy atom. The maximum atomic E-state index is 5.63. The number of pyridine rings is 1. The fourth-order valence-corrected chi connectivity index (χ4v) is 2.71. The van der Waals surface area contributed by atoms with Gasteiger partial charge in [-0.3, -0.25) is 4.98 Å². The number of nitrogens with two attached hydrogens (primary N) is 1. The van der Waals surface area contributed by atoms with E-state index in [2.05, 4.69) is 15.4 Å². The Morgan fingerprint density at radius 2 is 2.05 bits per heavy atom. The SMILES string of the molecule is NNc1nc(Cc2cccnc2)nc2c1CCCCC2. The third-order valence-corrected chi connectivity index (χ3v) is 3.70. The maximum absolute atomic E-state index is 5.63. The van der Waals surface area contributed by atoms with Gasteiger partial charge in [-0.05, 0) is 37.3 Å². The third kappa shape index (κ3) is 2.77. The zero-order chi connectivity index (χ0) is 13.8. The molecule has 3 rings (SSSR count). The lowest BCUT2D eigenvalue weighted by Gasteiger charge is -2.12. The number of rotatable bonds is 3. The molecular formula is C15H19N5. The molecule has 0 amide bonds. The maximum Gasteiger partial charge on any atom is 0.147 e. The highest BCUT2D eigenvalue weighted by atomic mass is 15.3. The molecule has 0 fully saturated rings. The smallest absolute Gasteiger partial charge is 0.147 e. The summed E-state index contributed by atoms with van der Waals surface area (Å²) in [5, 5.41) is 0. The first-order valence-corrected chi connectivity index (χ1v) is 7.11. The van der Waals surface area contributed by atoms with Crippen molar-refractivity contribution < 1.29 is 0 Å². The van der Waals surface area contributed by atoms with Crippen LogP contribution in [0.25, 0.3) is 0 Å². The summed E-state index contributed by atoms with van der Waals surface area (Å²) in [6, 6.07) is 3.97. The van der Waals surface area contributed by atoms with Crippen molar-refractivity contribution in [3.8, 4) is 0 Å². The summed E-state index contributed by atoms with van der Waals surface area (Å²) in [5.74, 6) is 7.23. The lowest BCUT2D eigenvalue weighted by Crippen LogP contribution is -2.15. The number of anilines is 1. The normalized spacial score (nSPS) is 14.4. The second kappa shape index (κ2) is 5.96. The van der Waals surface area contributed by atoms with Gasteiger partial charge >= 0.3 is 0 Å². The standard InChI is InChI=1S/C15H19N5/c16-20-15-12-6-2-1-3-7-13(12)18-14(19-15)9-11-5-4-8-17-10-11/h4-5,8,10H,1-3,6-7,9,16H2,(H,18,19,20). The molecular weight excluding hydrogens is 250 g/mol.